The van der Waals surface area contributed by atoms with Gasteiger partial charge in [-0.2, -0.15) is 0 Å². The number of hydrogen-bond acceptors (Lipinski definition) is 1. The summed E-state index contributed by atoms with van der Waals surface area (Å²) in [7, 11) is 0. The molecule has 0 rings (SSSR count). The zero-order valence-electron chi connectivity index (χ0n) is 12.1. The van der Waals surface area contributed by atoms with Crippen LogP contribution in [0.25, 0.3) is 0 Å². The lowest BCUT2D eigenvalue weighted by atomic mass is 10.0. The molecular formula is C16H30O. The Morgan fingerprint density at radius 1 is 0.824 bits per heavy atom. The van der Waals surface area contributed by atoms with E-state index in [1.807, 2.05) is 6.08 Å². The molecule has 1 nitrogen and oxygen atoms in total. The fourth-order valence-corrected chi connectivity index (χ4v) is 2.01. The third kappa shape index (κ3) is 10.3. The molecule has 0 heterocycles. The number of unbranched alkanes of at least 4 members (excludes halogenated alkanes) is 6. The van der Waals surface area contributed by atoms with Gasteiger partial charge >= 0.3 is 0 Å². The molecule has 0 saturated heterocycles. The van der Waals surface area contributed by atoms with Gasteiger partial charge in [0.2, 0.25) is 0 Å². The minimum Gasteiger partial charge on any atom is -0.295 e. The Balaban J connectivity index is 3.48. The van der Waals surface area contributed by atoms with Crippen molar-refractivity contribution in [3.63, 3.8) is 0 Å². The topological polar surface area (TPSA) is 17.1 Å². The predicted octanol–water partition coefficient (Wildman–Crippen LogP) is 5.44. The van der Waals surface area contributed by atoms with E-state index in [2.05, 4.69) is 20.8 Å². The lowest BCUT2D eigenvalue weighted by Crippen LogP contribution is -1.95. The maximum absolute atomic E-state index is 11.6. The molecule has 17 heavy (non-hydrogen) atoms. The summed E-state index contributed by atoms with van der Waals surface area (Å²) in [6.45, 7) is 6.48. The minimum absolute atomic E-state index is 0.331. The zero-order chi connectivity index (χ0) is 12.9. The summed E-state index contributed by atoms with van der Waals surface area (Å²) >= 11 is 0. The largest absolute Gasteiger partial charge is 0.295 e. The number of carbonyl (C=O) groups is 1. The quantitative estimate of drug-likeness (QED) is 0.346. The summed E-state index contributed by atoms with van der Waals surface area (Å²) in [5.74, 6) is 0.331. The lowest BCUT2D eigenvalue weighted by Gasteiger charge is -2.01. The Bertz CT molecular complexity index is 210. The third-order valence-corrected chi connectivity index (χ3v) is 3.30. The highest BCUT2D eigenvalue weighted by Crippen LogP contribution is 2.10. The molecule has 0 atom stereocenters. The maximum Gasteiger partial charge on any atom is 0.155 e. The van der Waals surface area contributed by atoms with Crippen LogP contribution in [0, 0.1) is 0 Å². The molecule has 0 saturated carbocycles. The van der Waals surface area contributed by atoms with Gasteiger partial charge in [0.05, 0.1) is 0 Å². The highest BCUT2D eigenvalue weighted by Gasteiger charge is 2.00. The highest BCUT2D eigenvalue weighted by molar-refractivity contribution is 5.90. The van der Waals surface area contributed by atoms with Crippen molar-refractivity contribution in [3.05, 3.63) is 11.6 Å². The molecule has 100 valence electrons. The molecule has 0 aromatic carbocycles. The SMILES string of the molecule is CCCCCCCCCC(=O)C=C(CC)CC. The molecule has 1 heteroatoms. The van der Waals surface area contributed by atoms with Crippen molar-refractivity contribution in [2.24, 2.45) is 0 Å². The van der Waals surface area contributed by atoms with Crippen LogP contribution in [0.15, 0.2) is 11.6 Å². The molecule has 0 aromatic heterocycles. The predicted molar refractivity (Wildman–Crippen MR) is 76.3 cm³/mol. The number of hydrogen-bond donors (Lipinski definition) is 0. The van der Waals surface area contributed by atoms with Crippen LogP contribution in [0.2, 0.25) is 0 Å². The molecule has 0 aliphatic rings. The van der Waals surface area contributed by atoms with Gasteiger partial charge in [-0.1, -0.05) is 64.9 Å². The first kappa shape index (κ1) is 16.4. The average Bonchev–Trinajstić information content (AvgIpc) is 2.34. The second-order valence-electron chi connectivity index (χ2n) is 4.85. The van der Waals surface area contributed by atoms with E-state index >= 15 is 0 Å². The number of rotatable bonds is 11. The first-order valence-corrected chi connectivity index (χ1v) is 7.46. The van der Waals surface area contributed by atoms with Crippen LogP contribution in [-0.2, 0) is 4.79 Å². The van der Waals surface area contributed by atoms with Gasteiger partial charge in [-0.3, -0.25) is 4.79 Å². The van der Waals surface area contributed by atoms with E-state index in [0.717, 1.165) is 25.7 Å². The number of carbonyl (C=O) groups excluding carboxylic acids is 1. The zero-order valence-corrected chi connectivity index (χ0v) is 12.1. The second-order valence-corrected chi connectivity index (χ2v) is 4.85. The first-order valence-electron chi connectivity index (χ1n) is 7.46. The summed E-state index contributed by atoms with van der Waals surface area (Å²) in [5.41, 5.74) is 1.29. The molecule has 0 unspecified atom stereocenters. The molecule has 0 spiro atoms. The van der Waals surface area contributed by atoms with E-state index in [4.69, 9.17) is 0 Å². The van der Waals surface area contributed by atoms with Crippen molar-refractivity contribution in [1.82, 2.24) is 0 Å². The first-order chi connectivity index (χ1) is 8.24. The van der Waals surface area contributed by atoms with E-state index in [1.165, 1.54) is 44.1 Å². The van der Waals surface area contributed by atoms with Gasteiger partial charge < -0.3 is 0 Å². The van der Waals surface area contributed by atoms with Crippen LogP contribution in [0.5, 0.6) is 0 Å². The van der Waals surface area contributed by atoms with E-state index in [0.29, 0.717) is 5.78 Å². The Morgan fingerprint density at radius 2 is 1.35 bits per heavy atom. The molecular weight excluding hydrogens is 208 g/mol. The molecule has 0 aliphatic heterocycles. The summed E-state index contributed by atoms with van der Waals surface area (Å²) in [4.78, 5) is 11.6. The van der Waals surface area contributed by atoms with Gasteiger partial charge in [0, 0.05) is 6.42 Å². The lowest BCUT2D eigenvalue weighted by molar-refractivity contribution is -0.114. The Labute approximate surface area is 108 Å². The van der Waals surface area contributed by atoms with Gasteiger partial charge in [0.15, 0.2) is 5.78 Å². The van der Waals surface area contributed by atoms with E-state index in [-0.39, 0.29) is 0 Å². The van der Waals surface area contributed by atoms with Gasteiger partial charge in [-0.25, -0.2) is 0 Å². The maximum atomic E-state index is 11.6. The molecule has 0 radical (unpaired) electrons. The van der Waals surface area contributed by atoms with Crippen molar-refractivity contribution >= 4 is 5.78 Å². The molecule has 0 aliphatic carbocycles. The van der Waals surface area contributed by atoms with E-state index < -0.39 is 0 Å². The van der Waals surface area contributed by atoms with Gasteiger partial charge in [-0.15, -0.1) is 0 Å². The third-order valence-electron chi connectivity index (χ3n) is 3.30. The normalized spacial score (nSPS) is 10.3. The van der Waals surface area contributed by atoms with Crippen LogP contribution in [-0.4, -0.2) is 5.78 Å². The Morgan fingerprint density at radius 3 is 1.88 bits per heavy atom. The molecule has 0 bridgehead atoms. The van der Waals surface area contributed by atoms with Crippen LogP contribution in [0.1, 0.15) is 85.0 Å². The van der Waals surface area contributed by atoms with Gasteiger partial charge in [-0.05, 0) is 25.3 Å². The fraction of sp³-hybridized carbons (Fsp3) is 0.812. The molecule has 0 fully saturated rings. The monoisotopic (exact) mass is 238 g/mol. The van der Waals surface area contributed by atoms with Crippen molar-refractivity contribution in [2.75, 3.05) is 0 Å². The molecule has 0 amide bonds. The van der Waals surface area contributed by atoms with Crippen molar-refractivity contribution in [3.8, 4) is 0 Å². The Kier molecular flexibility index (Phi) is 11.5. The van der Waals surface area contributed by atoms with Crippen molar-refractivity contribution in [2.45, 2.75) is 85.0 Å². The van der Waals surface area contributed by atoms with Crippen molar-refractivity contribution in [1.29, 1.82) is 0 Å². The van der Waals surface area contributed by atoms with Crippen molar-refractivity contribution < 1.29 is 4.79 Å². The highest BCUT2D eigenvalue weighted by atomic mass is 16.1. The molecule has 0 aromatic rings. The molecule has 0 N–H and O–H groups in total. The van der Waals surface area contributed by atoms with Gasteiger partial charge in [0.25, 0.3) is 0 Å². The summed E-state index contributed by atoms with van der Waals surface area (Å²) in [5, 5.41) is 0. The summed E-state index contributed by atoms with van der Waals surface area (Å²) in [6.07, 6.45) is 13.6. The minimum atomic E-state index is 0.331. The standard InChI is InChI=1S/C16H30O/c1-4-7-8-9-10-11-12-13-16(17)14-15(5-2)6-3/h14H,4-13H2,1-3H3. The van der Waals surface area contributed by atoms with E-state index in [9.17, 15) is 4.79 Å². The van der Waals surface area contributed by atoms with E-state index in [1.54, 1.807) is 0 Å². The van der Waals surface area contributed by atoms with Crippen LogP contribution in [0.3, 0.4) is 0 Å². The summed E-state index contributed by atoms with van der Waals surface area (Å²) in [6, 6.07) is 0. The van der Waals surface area contributed by atoms with Gasteiger partial charge in [0.1, 0.15) is 0 Å². The smallest absolute Gasteiger partial charge is 0.155 e. The fourth-order valence-electron chi connectivity index (χ4n) is 2.01. The average molecular weight is 238 g/mol. The van der Waals surface area contributed by atoms with Crippen LogP contribution >= 0.6 is 0 Å². The second kappa shape index (κ2) is 11.9. The Hall–Kier alpha value is -0.590. The van der Waals surface area contributed by atoms with Crippen LogP contribution < -0.4 is 0 Å². The number of allylic oxidation sites excluding steroid dienone is 2. The number of ketones is 1. The summed E-state index contributed by atoms with van der Waals surface area (Å²) < 4.78 is 0. The van der Waals surface area contributed by atoms with Crippen LogP contribution in [0.4, 0.5) is 0 Å².